The number of nitrogens with one attached hydrogen (secondary N) is 2. The summed E-state index contributed by atoms with van der Waals surface area (Å²) in [6.07, 6.45) is -3.82. The van der Waals surface area contributed by atoms with Gasteiger partial charge in [0.2, 0.25) is 5.91 Å². The van der Waals surface area contributed by atoms with Crippen LogP contribution < -0.4 is 10.6 Å². The first kappa shape index (κ1) is 27.4. The Labute approximate surface area is 206 Å². The van der Waals surface area contributed by atoms with E-state index < -0.39 is 53.3 Å². The predicted molar refractivity (Wildman–Crippen MR) is 120 cm³/mol. The summed E-state index contributed by atoms with van der Waals surface area (Å²) < 4.78 is 49.5. The van der Waals surface area contributed by atoms with Crippen LogP contribution in [-0.4, -0.2) is 67.0 Å². The van der Waals surface area contributed by atoms with Gasteiger partial charge in [-0.3, -0.25) is 14.4 Å². The van der Waals surface area contributed by atoms with Crippen LogP contribution in [0.15, 0.2) is 24.3 Å². The number of halogens is 3. The first-order valence-electron chi connectivity index (χ1n) is 11.7. The number of amides is 2. The molecule has 0 aromatic heterocycles. The molecule has 9 nitrogen and oxygen atoms in total. The lowest BCUT2D eigenvalue weighted by Crippen LogP contribution is -2.61. The molecule has 0 spiro atoms. The number of carbonyl (C=O) groups is 4. The molecule has 12 heteroatoms. The van der Waals surface area contributed by atoms with Crippen LogP contribution in [0, 0.1) is 0 Å². The zero-order valence-electron chi connectivity index (χ0n) is 20.3. The van der Waals surface area contributed by atoms with E-state index in [1.807, 2.05) is 0 Å². The fraction of sp³-hybridized carbons (Fsp3) is 0.583. The summed E-state index contributed by atoms with van der Waals surface area (Å²) in [6, 6.07) is 2.15. The largest absolute Gasteiger partial charge is 0.467 e. The van der Waals surface area contributed by atoms with Gasteiger partial charge in [0.25, 0.3) is 5.91 Å². The highest BCUT2D eigenvalue weighted by Gasteiger charge is 2.53. The van der Waals surface area contributed by atoms with E-state index in [1.165, 1.54) is 24.0 Å². The van der Waals surface area contributed by atoms with Crippen molar-refractivity contribution in [2.24, 2.45) is 0 Å². The van der Waals surface area contributed by atoms with Crippen molar-refractivity contribution in [1.82, 2.24) is 15.5 Å². The number of hydrogen-bond donors (Lipinski definition) is 2. The highest BCUT2D eigenvalue weighted by atomic mass is 19.4. The molecule has 2 fully saturated rings. The molecule has 1 aromatic carbocycles. The van der Waals surface area contributed by atoms with Crippen molar-refractivity contribution < 1.29 is 41.8 Å². The second kappa shape index (κ2) is 10.9. The van der Waals surface area contributed by atoms with Crippen LogP contribution in [-0.2, 0) is 40.4 Å². The van der Waals surface area contributed by atoms with Crippen molar-refractivity contribution in [2.75, 3.05) is 20.2 Å². The standard InChI is InChI=1S/C24H30F3N3O6/c1-14(36-15(2)31)19(21(33)35-3)29-22(34)23(16-7-9-17(10-8-16)24(25,26)27)11-5-13-30(23)20(32)18-6-4-12-28-18/h7-10,14,18-19,28H,4-6,11-13H2,1-3H3,(H,29,34). The Morgan fingerprint density at radius 2 is 1.83 bits per heavy atom. The number of rotatable bonds is 7. The molecule has 2 N–H and O–H groups in total. The lowest BCUT2D eigenvalue weighted by molar-refractivity contribution is -0.158. The van der Waals surface area contributed by atoms with Crippen molar-refractivity contribution in [1.29, 1.82) is 0 Å². The molecule has 4 unspecified atom stereocenters. The molecule has 2 aliphatic rings. The van der Waals surface area contributed by atoms with Crippen LogP contribution in [0.4, 0.5) is 13.2 Å². The van der Waals surface area contributed by atoms with Crippen molar-refractivity contribution >= 4 is 23.8 Å². The Morgan fingerprint density at radius 3 is 2.36 bits per heavy atom. The third-order valence-electron chi connectivity index (χ3n) is 6.63. The number of esters is 2. The predicted octanol–water partition coefficient (Wildman–Crippen LogP) is 1.88. The van der Waals surface area contributed by atoms with Gasteiger partial charge >= 0.3 is 18.1 Å². The number of hydrogen-bond acceptors (Lipinski definition) is 7. The highest BCUT2D eigenvalue weighted by Crippen LogP contribution is 2.41. The second-order valence-corrected chi connectivity index (χ2v) is 8.97. The zero-order valence-corrected chi connectivity index (χ0v) is 20.3. The van der Waals surface area contributed by atoms with E-state index in [-0.39, 0.29) is 24.4 Å². The van der Waals surface area contributed by atoms with Gasteiger partial charge in [-0.1, -0.05) is 12.1 Å². The molecule has 3 rings (SSSR count). The number of likely N-dealkylation sites (tertiary alicyclic amines) is 1. The number of methoxy groups -OCH3 is 1. The Kier molecular flexibility index (Phi) is 8.27. The summed E-state index contributed by atoms with van der Waals surface area (Å²) in [7, 11) is 1.10. The van der Waals surface area contributed by atoms with Gasteiger partial charge in [-0.2, -0.15) is 13.2 Å². The van der Waals surface area contributed by atoms with Gasteiger partial charge in [-0.05, 0) is 56.8 Å². The molecule has 0 saturated carbocycles. The molecule has 1 aromatic rings. The molecule has 198 valence electrons. The van der Waals surface area contributed by atoms with E-state index in [0.717, 1.165) is 32.6 Å². The molecule has 36 heavy (non-hydrogen) atoms. The minimum atomic E-state index is -4.58. The summed E-state index contributed by atoms with van der Waals surface area (Å²) in [5.74, 6) is -2.69. The summed E-state index contributed by atoms with van der Waals surface area (Å²) in [6.45, 7) is 3.37. The number of benzene rings is 1. The van der Waals surface area contributed by atoms with Gasteiger partial charge in [0, 0.05) is 13.5 Å². The lowest BCUT2D eigenvalue weighted by atomic mass is 9.84. The SMILES string of the molecule is COC(=O)C(NC(=O)C1(c2ccc(C(F)(F)F)cc2)CCCN1C(=O)C1CCCN1)C(C)OC(C)=O. The summed E-state index contributed by atoms with van der Waals surface area (Å²) >= 11 is 0. The maximum atomic E-state index is 13.9. The topological polar surface area (TPSA) is 114 Å². The Balaban J connectivity index is 2.04. The van der Waals surface area contributed by atoms with Crippen LogP contribution in [0.2, 0.25) is 0 Å². The van der Waals surface area contributed by atoms with Gasteiger partial charge in [-0.25, -0.2) is 4.79 Å². The van der Waals surface area contributed by atoms with Gasteiger partial charge in [0.1, 0.15) is 11.6 Å². The molecule has 2 heterocycles. The number of ether oxygens (including phenoxy) is 2. The fourth-order valence-electron chi connectivity index (χ4n) is 4.89. The van der Waals surface area contributed by atoms with Crippen LogP contribution in [0.1, 0.15) is 50.7 Å². The van der Waals surface area contributed by atoms with Crippen LogP contribution >= 0.6 is 0 Å². The molecular weight excluding hydrogens is 483 g/mol. The van der Waals surface area contributed by atoms with E-state index in [0.29, 0.717) is 19.4 Å². The quantitative estimate of drug-likeness (QED) is 0.536. The summed E-state index contributed by atoms with van der Waals surface area (Å²) in [5, 5.41) is 5.64. The number of alkyl halides is 3. The Hall–Kier alpha value is -3.15. The molecule has 0 radical (unpaired) electrons. The van der Waals surface area contributed by atoms with Gasteiger partial charge in [0.15, 0.2) is 6.04 Å². The second-order valence-electron chi connectivity index (χ2n) is 8.97. The van der Waals surface area contributed by atoms with Gasteiger partial charge in [-0.15, -0.1) is 0 Å². The summed E-state index contributed by atoms with van der Waals surface area (Å²) in [4.78, 5) is 52.7. The van der Waals surface area contributed by atoms with E-state index in [9.17, 15) is 32.3 Å². The Morgan fingerprint density at radius 1 is 1.17 bits per heavy atom. The monoisotopic (exact) mass is 513 g/mol. The van der Waals surface area contributed by atoms with E-state index in [1.54, 1.807) is 0 Å². The molecule has 4 atom stereocenters. The average Bonchev–Trinajstić information content (AvgIpc) is 3.51. The lowest BCUT2D eigenvalue weighted by Gasteiger charge is -2.40. The van der Waals surface area contributed by atoms with E-state index in [2.05, 4.69) is 10.6 Å². The minimum Gasteiger partial charge on any atom is -0.467 e. The molecule has 0 bridgehead atoms. The zero-order chi connectivity index (χ0) is 26.7. The van der Waals surface area contributed by atoms with E-state index in [4.69, 9.17) is 9.47 Å². The molecule has 2 amide bonds. The van der Waals surface area contributed by atoms with E-state index >= 15 is 0 Å². The Bertz CT molecular complexity index is 994. The maximum absolute atomic E-state index is 13.9. The minimum absolute atomic E-state index is 0.124. The maximum Gasteiger partial charge on any atom is 0.416 e. The number of nitrogens with zero attached hydrogens (tertiary/aromatic N) is 1. The van der Waals surface area contributed by atoms with Crippen molar-refractivity contribution in [3.05, 3.63) is 35.4 Å². The molecular formula is C24H30F3N3O6. The van der Waals surface area contributed by atoms with Crippen molar-refractivity contribution in [2.45, 2.75) is 69.4 Å². The van der Waals surface area contributed by atoms with Crippen molar-refractivity contribution in [3.8, 4) is 0 Å². The summed E-state index contributed by atoms with van der Waals surface area (Å²) in [5.41, 5.74) is -2.39. The third-order valence-corrected chi connectivity index (χ3v) is 6.63. The van der Waals surface area contributed by atoms with Crippen LogP contribution in [0.3, 0.4) is 0 Å². The molecule has 0 aliphatic carbocycles. The molecule has 2 aliphatic heterocycles. The highest BCUT2D eigenvalue weighted by molar-refractivity contribution is 5.96. The number of carbonyl (C=O) groups excluding carboxylic acids is 4. The third kappa shape index (κ3) is 5.48. The normalized spacial score (nSPS) is 23.6. The van der Waals surface area contributed by atoms with Crippen molar-refractivity contribution in [3.63, 3.8) is 0 Å². The molecule has 2 saturated heterocycles. The first-order valence-corrected chi connectivity index (χ1v) is 11.7. The van der Waals surface area contributed by atoms with Crippen LogP contribution in [0.25, 0.3) is 0 Å². The van der Waals surface area contributed by atoms with Gasteiger partial charge < -0.3 is 25.0 Å². The van der Waals surface area contributed by atoms with Crippen LogP contribution in [0.5, 0.6) is 0 Å². The average molecular weight is 514 g/mol. The fourth-order valence-corrected chi connectivity index (χ4v) is 4.89. The smallest absolute Gasteiger partial charge is 0.416 e. The first-order chi connectivity index (χ1) is 16.9. The van der Waals surface area contributed by atoms with Gasteiger partial charge in [0.05, 0.1) is 18.7 Å².